The van der Waals surface area contributed by atoms with Gasteiger partial charge in [0, 0.05) is 29.4 Å². The maximum Gasteiger partial charge on any atom is 0.424 e. The zero-order valence-electron chi connectivity index (χ0n) is 19.7. The van der Waals surface area contributed by atoms with Gasteiger partial charge in [-0.15, -0.1) is 11.8 Å². The molecule has 0 radical (unpaired) electrons. The smallest absolute Gasteiger partial charge is 0.424 e. The van der Waals surface area contributed by atoms with Crippen molar-refractivity contribution in [3.63, 3.8) is 0 Å². The normalized spacial score (nSPS) is 18.2. The zero-order valence-corrected chi connectivity index (χ0v) is 20.5. The molecule has 32 heavy (non-hydrogen) atoms. The van der Waals surface area contributed by atoms with E-state index in [0.717, 1.165) is 6.42 Å². The number of hydrogen-bond acceptors (Lipinski definition) is 8. The fourth-order valence-corrected chi connectivity index (χ4v) is 4.23. The molecule has 1 amide bonds. The van der Waals surface area contributed by atoms with Gasteiger partial charge >= 0.3 is 18.2 Å². The molecule has 0 unspecified atom stereocenters. The molecule has 1 saturated heterocycles. The molecule has 1 fully saturated rings. The standard InChI is InChI=1S/C22H34N2O4S.CO2/c1-7-27-21(25)13-18-14-23(22(26)28-16(4)5)24(15(2)3)20(18)12-17-8-10-19(29-6)11-9-17;2-1-3/h8-11,15-16,18,20H,7,12-14H2,1-6H3;/t18-,20+;/m0./s1. The molecule has 0 saturated carbocycles. The highest BCUT2D eigenvalue weighted by molar-refractivity contribution is 7.98. The first kappa shape index (κ1) is 27.7. The van der Waals surface area contributed by atoms with E-state index in [1.54, 1.807) is 16.8 Å². The number of rotatable bonds is 8. The van der Waals surface area contributed by atoms with Gasteiger partial charge in [-0.25, -0.2) is 14.8 Å². The predicted molar refractivity (Wildman–Crippen MR) is 121 cm³/mol. The van der Waals surface area contributed by atoms with E-state index in [9.17, 15) is 9.59 Å². The third-order valence-electron chi connectivity index (χ3n) is 4.98. The third-order valence-corrected chi connectivity index (χ3v) is 5.73. The molecule has 0 spiro atoms. The van der Waals surface area contributed by atoms with Gasteiger partial charge in [-0.1, -0.05) is 12.1 Å². The Morgan fingerprint density at radius 3 is 2.22 bits per heavy atom. The lowest BCUT2D eigenvalue weighted by Gasteiger charge is -2.35. The Labute approximate surface area is 194 Å². The van der Waals surface area contributed by atoms with E-state index in [1.165, 1.54) is 10.5 Å². The Kier molecular flexibility index (Phi) is 12.1. The van der Waals surface area contributed by atoms with Gasteiger partial charge in [0.2, 0.25) is 0 Å². The van der Waals surface area contributed by atoms with Gasteiger partial charge in [0.1, 0.15) is 0 Å². The van der Waals surface area contributed by atoms with Crippen LogP contribution in [0.3, 0.4) is 0 Å². The van der Waals surface area contributed by atoms with Gasteiger partial charge in [-0.3, -0.25) is 4.79 Å². The highest BCUT2D eigenvalue weighted by Crippen LogP contribution is 2.33. The van der Waals surface area contributed by atoms with Crippen molar-refractivity contribution in [3.8, 4) is 0 Å². The first-order chi connectivity index (χ1) is 15.2. The van der Waals surface area contributed by atoms with Gasteiger partial charge in [0.05, 0.1) is 19.1 Å². The first-order valence-corrected chi connectivity index (χ1v) is 11.9. The van der Waals surface area contributed by atoms with Gasteiger partial charge in [-0.2, -0.15) is 9.59 Å². The first-order valence-electron chi connectivity index (χ1n) is 10.7. The topological polar surface area (TPSA) is 93.2 Å². The van der Waals surface area contributed by atoms with Crippen molar-refractivity contribution in [1.29, 1.82) is 0 Å². The molecule has 1 aromatic carbocycles. The lowest BCUT2D eigenvalue weighted by Crippen LogP contribution is -2.50. The van der Waals surface area contributed by atoms with Crippen LogP contribution in [0.1, 0.15) is 46.6 Å². The number of nitrogens with zero attached hydrogens (tertiary/aromatic N) is 2. The van der Waals surface area contributed by atoms with E-state index in [1.807, 2.05) is 20.8 Å². The monoisotopic (exact) mass is 466 g/mol. The molecular formula is C23H34N2O6S. The molecule has 8 nitrogen and oxygen atoms in total. The molecule has 9 heteroatoms. The molecule has 0 aliphatic carbocycles. The molecule has 2 atom stereocenters. The number of esters is 1. The molecule has 0 aromatic heterocycles. The van der Waals surface area contributed by atoms with E-state index in [-0.39, 0.29) is 48.7 Å². The van der Waals surface area contributed by atoms with Crippen molar-refractivity contribution in [2.45, 2.75) is 70.5 Å². The quantitative estimate of drug-likeness (QED) is 0.422. The summed E-state index contributed by atoms with van der Waals surface area (Å²) < 4.78 is 10.7. The predicted octanol–water partition coefficient (Wildman–Crippen LogP) is 3.79. The van der Waals surface area contributed by atoms with Gasteiger partial charge in [0.15, 0.2) is 0 Å². The molecule has 0 bridgehead atoms. The third kappa shape index (κ3) is 8.30. The van der Waals surface area contributed by atoms with Crippen molar-refractivity contribution in [1.82, 2.24) is 10.0 Å². The van der Waals surface area contributed by atoms with Crippen LogP contribution in [-0.2, 0) is 30.3 Å². The maximum atomic E-state index is 12.8. The highest BCUT2D eigenvalue weighted by atomic mass is 32.2. The summed E-state index contributed by atoms with van der Waals surface area (Å²) in [4.78, 5) is 42.4. The van der Waals surface area contributed by atoms with Crippen LogP contribution in [0, 0.1) is 5.92 Å². The van der Waals surface area contributed by atoms with Crippen molar-refractivity contribution in [2.75, 3.05) is 19.4 Å². The summed E-state index contributed by atoms with van der Waals surface area (Å²) in [6.07, 6.45) is 2.79. The molecule has 2 rings (SSSR count). The molecule has 1 aliphatic rings. The fourth-order valence-electron chi connectivity index (χ4n) is 3.82. The minimum atomic E-state index is -0.359. The van der Waals surface area contributed by atoms with Crippen molar-refractivity contribution < 1.29 is 28.7 Å². The number of hydrazine groups is 1. The van der Waals surface area contributed by atoms with E-state index in [2.05, 4.69) is 49.4 Å². The van der Waals surface area contributed by atoms with Gasteiger partial charge in [0.25, 0.3) is 0 Å². The molecule has 178 valence electrons. The highest BCUT2D eigenvalue weighted by Gasteiger charge is 2.45. The van der Waals surface area contributed by atoms with Crippen LogP contribution in [0.15, 0.2) is 29.2 Å². The number of hydrogen-bond donors (Lipinski definition) is 0. The van der Waals surface area contributed by atoms with Crippen LogP contribution in [0.2, 0.25) is 0 Å². The van der Waals surface area contributed by atoms with Crippen molar-refractivity contribution in [2.24, 2.45) is 5.92 Å². The van der Waals surface area contributed by atoms with Crippen LogP contribution in [0.25, 0.3) is 0 Å². The largest absolute Gasteiger partial charge is 0.466 e. The van der Waals surface area contributed by atoms with Crippen LogP contribution in [0.4, 0.5) is 4.79 Å². The van der Waals surface area contributed by atoms with Crippen molar-refractivity contribution in [3.05, 3.63) is 29.8 Å². The number of carbonyl (C=O) groups excluding carboxylic acids is 4. The fraction of sp³-hybridized carbons (Fsp3) is 0.609. The summed E-state index contributed by atoms with van der Waals surface area (Å²) in [6, 6.07) is 8.58. The van der Waals surface area contributed by atoms with E-state index >= 15 is 0 Å². The summed E-state index contributed by atoms with van der Waals surface area (Å²) in [7, 11) is 0. The Balaban J connectivity index is 0.00000161. The minimum absolute atomic E-state index is 0.0132. The van der Waals surface area contributed by atoms with Crippen LogP contribution < -0.4 is 0 Å². The average Bonchev–Trinajstić information content (AvgIpc) is 3.07. The minimum Gasteiger partial charge on any atom is -0.466 e. The second-order valence-corrected chi connectivity index (χ2v) is 8.84. The summed E-state index contributed by atoms with van der Waals surface area (Å²) in [5, 5.41) is 3.76. The number of amides is 1. The van der Waals surface area contributed by atoms with E-state index in [0.29, 0.717) is 13.2 Å². The van der Waals surface area contributed by atoms with E-state index in [4.69, 9.17) is 19.1 Å². The summed E-state index contributed by atoms with van der Waals surface area (Å²) in [5.74, 6) is -0.237. The number of thioether (sulfide) groups is 1. The summed E-state index contributed by atoms with van der Waals surface area (Å²) in [5.41, 5.74) is 1.19. The Morgan fingerprint density at radius 2 is 1.75 bits per heavy atom. The zero-order chi connectivity index (χ0) is 24.3. The molecule has 0 N–H and O–H groups in total. The van der Waals surface area contributed by atoms with Gasteiger partial charge < -0.3 is 9.47 Å². The SMILES string of the molecule is CCOC(=O)C[C@H]1CN(C(=O)OC(C)C)N(C(C)C)[C@@H]1Cc1ccc(SC)cc1.O=C=O. The summed E-state index contributed by atoms with van der Waals surface area (Å²) >= 11 is 1.71. The second-order valence-electron chi connectivity index (χ2n) is 7.96. The van der Waals surface area contributed by atoms with Crippen LogP contribution in [-0.4, -0.2) is 65.8 Å². The Morgan fingerprint density at radius 1 is 1.16 bits per heavy atom. The lowest BCUT2D eigenvalue weighted by atomic mass is 9.91. The average molecular weight is 467 g/mol. The molecule has 1 aliphatic heterocycles. The summed E-state index contributed by atoms with van der Waals surface area (Å²) in [6.45, 7) is 10.4. The van der Waals surface area contributed by atoms with Gasteiger partial charge in [-0.05, 0) is 65.0 Å². The van der Waals surface area contributed by atoms with Crippen LogP contribution in [0.5, 0.6) is 0 Å². The van der Waals surface area contributed by atoms with Crippen molar-refractivity contribution >= 4 is 30.0 Å². The lowest BCUT2D eigenvalue weighted by molar-refractivity contribution is -0.191. The second kappa shape index (κ2) is 13.9. The Hall–Kier alpha value is -2.35. The maximum absolute atomic E-state index is 12.8. The molecule has 1 aromatic rings. The van der Waals surface area contributed by atoms with E-state index < -0.39 is 0 Å². The van der Waals surface area contributed by atoms with Crippen LogP contribution >= 0.6 is 11.8 Å². The Bertz CT molecular complexity index is 762. The number of carbonyl (C=O) groups is 2. The molecule has 1 heterocycles. The number of ether oxygens (including phenoxy) is 2. The number of benzene rings is 1. The molecular weight excluding hydrogens is 432 g/mol.